The second kappa shape index (κ2) is 11.1. The molecule has 0 aliphatic rings. The number of hydrogen-bond donors (Lipinski definition) is 2. The molecule has 1 atom stereocenters. The van der Waals surface area contributed by atoms with Crippen LogP contribution in [0.15, 0.2) is 58.9 Å². The maximum atomic E-state index is 12.3. The largest absolute Gasteiger partial charge is 0.353 e. The minimum atomic E-state index is -0.361. The van der Waals surface area contributed by atoms with Crippen LogP contribution in [0.4, 0.5) is 5.69 Å². The molecule has 156 valence electrons. The van der Waals surface area contributed by atoms with Crippen LogP contribution in [0.2, 0.25) is 5.02 Å². The Morgan fingerprint density at radius 1 is 1.13 bits per heavy atom. The molecule has 9 heteroatoms. The summed E-state index contributed by atoms with van der Waals surface area (Å²) < 4.78 is 0.568. The predicted octanol–water partition coefficient (Wildman–Crippen LogP) is 4.67. The SMILES string of the molecule is C[C@@H](CCc1ccccc1)NC(=O)CSc1nnc(C(=O)Nc2cccc(Cl)c2)s1. The molecule has 0 aliphatic carbocycles. The Morgan fingerprint density at radius 3 is 2.70 bits per heavy atom. The van der Waals surface area contributed by atoms with Crippen LogP contribution >= 0.6 is 34.7 Å². The standard InChI is InChI=1S/C21H21ClN4O2S2/c1-14(10-11-15-6-3-2-4-7-15)23-18(27)13-29-21-26-25-20(30-21)19(28)24-17-9-5-8-16(22)12-17/h2-9,12,14H,10-11,13H2,1H3,(H,23,27)(H,24,28)/t14-/m0/s1. The van der Waals surface area contributed by atoms with Gasteiger partial charge in [0.2, 0.25) is 10.9 Å². The summed E-state index contributed by atoms with van der Waals surface area (Å²) in [5, 5.41) is 14.4. The molecule has 3 aromatic rings. The Morgan fingerprint density at radius 2 is 1.93 bits per heavy atom. The molecule has 1 heterocycles. The molecular weight excluding hydrogens is 440 g/mol. The zero-order valence-corrected chi connectivity index (χ0v) is 18.7. The molecule has 6 nitrogen and oxygen atoms in total. The molecule has 0 saturated heterocycles. The smallest absolute Gasteiger partial charge is 0.286 e. The Hall–Kier alpha value is -2.42. The summed E-state index contributed by atoms with van der Waals surface area (Å²) in [6, 6.07) is 17.1. The summed E-state index contributed by atoms with van der Waals surface area (Å²) in [5.41, 5.74) is 1.84. The number of thioether (sulfide) groups is 1. The zero-order valence-electron chi connectivity index (χ0n) is 16.3. The van der Waals surface area contributed by atoms with Gasteiger partial charge < -0.3 is 10.6 Å². The van der Waals surface area contributed by atoms with E-state index in [0.717, 1.165) is 24.2 Å². The maximum Gasteiger partial charge on any atom is 0.286 e. The Kier molecular flexibility index (Phi) is 8.24. The number of aromatic nitrogens is 2. The lowest BCUT2D eigenvalue weighted by molar-refractivity contribution is -0.119. The normalized spacial score (nSPS) is 11.7. The Labute approximate surface area is 188 Å². The number of rotatable bonds is 9. The number of amides is 2. The molecule has 30 heavy (non-hydrogen) atoms. The van der Waals surface area contributed by atoms with E-state index in [1.54, 1.807) is 24.3 Å². The van der Waals surface area contributed by atoms with E-state index in [0.29, 0.717) is 15.0 Å². The van der Waals surface area contributed by atoms with Gasteiger partial charge >= 0.3 is 0 Å². The van der Waals surface area contributed by atoms with Crippen LogP contribution in [0, 0.1) is 0 Å². The fourth-order valence-electron chi connectivity index (χ4n) is 2.65. The van der Waals surface area contributed by atoms with Crippen LogP contribution in [-0.4, -0.2) is 33.8 Å². The second-order valence-corrected chi connectivity index (χ2v) is 9.26. The summed E-state index contributed by atoms with van der Waals surface area (Å²) >= 11 is 8.33. The topological polar surface area (TPSA) is 84.0 Å². The van der Waals surface area contributed by atoms with Crippen LogP contribution < -0.4 is 10.6 Å². The molecule has 0 radical (unpaired) electrons. The van der Waals surface area contributed by atoms with Crippen molar-refractivity contribution in [3.63, 3.8) is 0 Å². The highest BCUT2D eigenvalue weighted by Gasteiger charge is 2.15. The predicted molar refractivity (Wildman–Crippen MR) is 122 cm³/mol. The summed E-state index contributed by atoms with van der Waals surface area (Å²) in [6.07, 6.45) is 1.78. The van der Waals surface area contributed by atoms with Gasteiger partial charge in [-0.05, 0) is 43.5 Å². The van der Waals surface area contributed by atoms with Crippen molar-refractivity contribution in [1.29, 1.82) is 0 Å². The monoisotopic (exact) mass is 460 g/mol. The van der Waals surface area contributed by atoms with E-state index < -0.39 is 0 Å². The fourth-order valence-corrected chi connectivity index (χ4v) is 4.40. The van der Waals surface area contributed by atoms with Gasteiger partial charge in [0.05, 0.1) is 5.75 Å². The highest BCUT2D eigenvalue weighted by Crippen LogP contribution is 2.23. The first-order valence-corrected chi connectivity index (χ1v) is 11.5. The van der Waals surface area contributed by atoms with Gasteiger partial charge in [0.1, 0.15) is 0 Å². The van der Waals surface area contributed by atoms with E-state index in [1.165, 1.54) is 17.3 Å². The third-order valence-electron chi connectivity index (χ3n) is 4.13. The first-order chi connectivity index (χ1) is 14.5. The molecule has 0 bridgehead atoms. The molecular formula is C21H21ClN4O2S2. The van der Waals surface area contributed by atoms with Crippen molar-refractivity contribution in [2.75, 3.05) is 11.1 Å². The quantitative estimate of drug-likeness (QED) is 0.453. The fraction of sp³-hybridized carbons (Fsp3) is 0.238. The number of carbonyl (C=O) groups is 2. The van der Waals surface area contributed by atoms with Gasteiger partial charge in [0.15, 0.2) is 4.34 Å². The van der Waals surface area contributed by atoms with E-state index in [4.69, 9.17) is 11.6 Å². The Bertz CT molecular complexity index is 997. The summed E-state index contributed by atoms with van der Waals surface area (Å²) in [5.74, 6) is -0.207. The van der Waals surface area contributed by atoms with E-state index in [9.17, 15) is 9.59 Å². The van der Waals surface area contributed by atoms with E-state index in [-0.39, 0.29) is 28.6 Å². The average Bonchev–Trinajstić information content (AvgIpc) is 3.21. The minimum Gasteiger partial charge on any atom is -0.353 e. The number of benzene rings is 2. The Balaban J connectivity index is 1.42. The maximum absolute atomic E-state index is 12.3. The van der Waals surface area contributed by atoms with Gasteiger partial charge in [-0.2, -0.15) is 0 Å². The van der Waals surface area contributed by atoms with Crippen molar-refractivity contribution in [2.24, 2.45) is 0 Å². The molecule has 3 rings (SSSR count). The third-order valence-corrected chi connectivity index (χ3v) is 6.42. The molecule has 2 N–H and O–H groups in total. The van der Waals surface area contributed by atoms with Crippen LogP contribution in [0.1, 0.15) is 28.7 Å². The van der Waals surface area contributed by atoms with Crippen molar-refractivity contribution < 1.29 is 9.59 Å². The first-order valence-electron chi connectivity index (χ1n) is 9.36. The van der Waals surface area contributed by atoms with Crippen molar-refractivity contribution in [2.45, 2.75) is 30.1 Å². The number of hydrogen-bond acceptors (Lipinski definition) is 6. The van der Waals surface area contributed by atoms with Crippen LogP contribution in [0.25, 0.3) is 0 Å². The van der Waals surface area contributed by atoms with Gasteiger partial charge in [-0.25, -0.2) is 0 Å². The molecule has 0 spiro atoms. The van der Waals surface area contributed by atoms with Crippen LogP contribution in [-0.2, 0) is 11.2 Å². The number of anilines is 1. The number of carbonyl (C=O) groups excluding carboxylic acids is 2. The molecule has 2 amide bonds. The van der Waals surface area contributed by atoms with Crippen LogP contribution in [0.5, 0.6) is 0 Å². The molecule has 0 saturated carbocycles. The van der Waals surface area contributed by atoms with Gasteiger partial charge in [0, 0.05) is 16.8 Å². The van der Waals surface area contributed by atoms with Crippen molar-refractivity contribution in [3.05, 3.63) is 70.2 Å². The molecule has 0 unspecified atom stereocenters. The van der Waals surface area contributed by atoms with Crippen LogP contribution in [0.3, 0.4) is 0 Å². The first kappa shape index (κ1) is 22.3. The highest BCUT2D eigenvalue weighted by atomic mass is 35.5. The lowest BCUT2D eigenvalue weighted by Gasteiger charge is -2.13. The van der Waals surface area contributed by atoms with Crippen molar-refractivity contribution >= 4 is 52.2 Å². The molecule has 2 aromatic carbocycles. The number of halogens is 1. The van der Waals surface area contributed by atoms with Gasteiger partial charge in [-0.15, -0.1) is 10.2 Å². The van der Waals surface area contributed by atoms with Crippen molar-refractivity contribution in [3.8, 4) is 0 Å². The lowest BCUT2D eigenvalue weighted by atomic mass is 10.1. The number of nitrogens with zero attached hydrogens (tertiary/aromatic N) is 2. The lowest BCUT2D eigenvalue weighted by Crippen LogP contribution is -2.34. The van der Waals surface area contributed by atoms with E-state index >= 15 is 0 Å². The summed E-state index contributed by atoms with van der Waals surface area (Å²) in [6.45, 7) is 1.99. The van der Waals surface area contributed by atoms with Gasteiger partial charge in [-0.1, -0.05) is 71.1 Å². The summed E-state index contributed by atoms with van der Waals surface area (Å²) in [4.78, 5) is 24.5. The van der Waals surface area contributed by atoms with Crippen molar-refractivity contribution in [1.82, 2.24) is 15.5 Å². The highest BCUT2D eigenvalue weighted by molar-refractivity contribution is 8.01. The minimum absolute atomic E-state index is 0.0688. The van der Waals surface area contributed by atoms with Gasteiger partial charge in [-0.3, -0.25) is 9.59 Å². The van der Waals surface area contributed by atoms with Gasteiger partial charge in [0.25, 0.3) is 5.91 Å². The number of aryl methyl sites for hydroxylation is 1. The average molecular weight is 461 g/mol. The molecule has 0 aliphatic heterocycles. The summed E-state index contributed by atoms with van der Waals surface area (Å²) in [7, 11) is 0. The third kappa shape index (κ3) is 7.12. The molecule has 1 aromatic heterocycles. The zero-order chi connectivity index (χ0) is 21.3. The van der Waals surface area contributed by atoms with E-state index in [2.05, 4.69) is 33.0 Å². The number of nitrogens with one attached hydrogen (secondary N) is 2. The molecule has 0 fully saturated rings. The van der Waals surface area contributed by atoms with E-state index in [1.807, 2.05) is 25.1 Å². The second-order valence-electron chi connectivity index (χ2n) is 6.62.